The molecular formula is C32H42O4Si5. The molecule has 214 valence electrons. The van der Waals surface area contributed by atoms with Crippen molar-refractivity contribution in [2.45, 2.75) is 90.4 Å². The van der Waals surface area contributed by atoms with E-state index in [1.54, 1.807) is 0 Å². The molecule has 41 heavy (non-hydrogen) atoms. The van der Waals surface area contributed by atoms with Gasteiger partial charge in [0.2, 0.25) is 39.1 Å². The van der Waals surface area contributed by atoms with E-state index in [9.17, 15) is 0 Å². The third kappa shape index (κ3) is 6.99. The Labute approximate surface area is 260 Å². The predicted octanol–water partition coefficient (Wildman–Crippen LogP) is 7.33. The van der Waals surface area contributed by atoms with E-state index < -0.39 is 0 Å². The van der Waals surface area contributed by atoms with Gasteiger partial charge in [-0.2, -0.15) is 0 Å². The van der Waals surface area contributed by atoms with Crippen LogP contribution in [0.3, 0.4) is 0 Å². The summed E-state index contributed by atoms with van der Waals surface area (Å²) in [6.45, 7) is 17.5. The molecule has 0 spiro atoms. The number of hydrogen-bond donors (Lipinski definition) is 0. The molecular weight excluding hydrogens is 589 g/mol. The summed E-state index contributed by atoms with van der Waals surface area (Å²) in [5, 5.41) is 0. The first kappa shape index (κ1) is 32.8. The Kier molecular flexibility index (Phi) is 11.6. The molecule has 4 nitrogen and oxygen atoms in total. The molecule has 0 amide bonds. The molecule has 10 radical (unpaired) electrons. The average molecular weight is 631 g/mol. The van der Waals surface area contributed by atoms with E-state index in [0.29, 0.717) is 50.9 Å². The van der Waals surface area contributed by atoms with Crippen LogP contribution >= 0.6 is 0 Å². The van der Waals surface area contributed by atoms with Gasteiger partial charge in [0.25, 0.3) is 0 Å². The monoisotopic (exact) mass is 630 g/mol. The second kappa shape index (κ2) is 14.5. The molecule has 4 rings (SSSR count). The van der Waals surface area contributed by atoms with E-state index in [-0.39, 0.29) is 23.4 Å². The van der Waals surface area contributed by atoms with Crippen LogP contribution in [0.25, 0.3) is 12.2 Å². The second-order valence-corrected chi connectivity index (χ2v) is 15.5. The van der Waals surface area contributed by atoms with Crippen LogP contribution in [-0.4, -0.2) is 61.2 Å². The highest BCUT2D eigenvalue weighted by Crippen LogP contribution is 2.52. The van der Waals surface area contributed by atoms with Crippen molar-refractivity contribution in [1.82, 2.24) is 0 Å². The Balaban J connectivity index is 1.59. The molecule has 0 N–H and O–H groups in total. The highest BCUT2D eigenvalue weighted by Gasteiger charge is 2.43. The third-order valence-corrected chi connectivity index (χ3v) is 11.6. The first-order chi connectivity index (χ1) is 19.7. The Morgan fingerprint density at radius 1 is 0.585 bits per heavy atom. The Hall–Kier alpha value is -1.16. The summed E-state index contributed by atoms with van der Waals surface area (Å²) >= 11 is 0. The Bertz CT molecular complexity index is 1120. The van der Waals surface area contributed by atoms with Gasteiger partial charge in [-0.05, 0) is 48.4 Å². The van der Waals surface area contributed by atoms with Gasteiger partial charge in [-0.15, -0.1) is 0 Å². The van der Waals surface area contributed by atoms with E-state index >= 15 is 0 Å². The lowest BCUT2D eigenvalue weighted by atomic mass is 9.77. The number of rotatable bonds is 16. The largest absolute Gasteiger partial charge is 0.393 e. The van der Waals surface area contributed by atoms with Crippen molar-refractivity contribution in [3.8, 4) is 0 Å². The van der Waals surface area contributed by atoms with Crippen molar-refractivity contribution in [2.75, 3.05) is 0 Å². The Morgan fingerprint density at radius 3 is 1.27 bits per heavy atom. The van der Waals surface area contributed by atoms with Crippen molar-refractivity contribution >= 4 is 60.7 Å². The van der Waals surface area contributed by atoms with Crippen LogP contribution in [0.4, 0.5) is 0 Å². The van der Waals surface area contributed by atoms with E-state index in [4.69, 9.17) is 17.7 Å². The Morgan fingerprint density at radius 2 is 0.927 bits per heavy atom. The maximum atomic E-state index is 6.19. The lowest BCUT2D eigenvalue weighted by molar-refractivity contribution is -0.0633. The van der Waals surface area contributed by atoms with E-state index in [1.807, 2.05) is 0 Å². The minimum atomic E-state index is -0.243. The normalized spacial score (nSPS) is 18.6. The topological polar surface area (TPSA) is 36.9 Å². The summed E-state index contributed by atoms with van der Waals surface area (Å²) in [5.74, 6) is 0.738. The fourth-order valence-corrected chi connectivity index (χ4v) is 10.3. The first-order valence-corrected chi connectivity index (χ1v) is 21.4. The molecule has 2 unspecified atom stereocenters. The molecule has 0 saturated carbocycles. The summed E-state index contributed by atoms with van der Waals surface area (Å²) in [6.07, 6.45) is 4.34. The predicted molar refractivity (Wildman–Crippen MR) is 176 cm³/mol. The van der Waals surface area contributed by atoms with Crippen LogP contribution in [0, 0.1) is 10.8 Å². The van der Waals surface area contributed by atoms with Gasteiger partial charge in [0, 0.05) is 32.2 Å². The van der Waals surface area contributed by atoms with Crippen LogP contribution in [-0.2, 0) is 17.7 Å². The molecule has 0 fully saturated rings. The van der Waals surface area contributed by atoms with Crippen molar-refractivity contribution < 1.29 is 17.7 Å². The molecule has 2 aliphatic rings. The molecule has 0 aromatic heterocycles. The zero-order valence-electron chi connectivity index (χ0n) is 25.6. The molecule has 0 bridgehead atoms. The van der Waals surface area contributed by atoms with Gasteiger partial charge in [0.1, 0.15) is 12.6 Å². The molecule has 0 heterocycles. The molecule has 2 aliphatic carbocycles. The SMILES string of the molecule is C[Si]OC(O[Si]C)C(C)(C)C1=Cc2ccccc2C1C[Si]CC1C(C(C)(C)C(O[Si]C)O[Si]C)=Cc2ccccc21. The zero-order chi connectivity index (χ0) is 29.6. The summed E-state index contributed by atoms with van der Waals surface area (Å²) in [4.78, 5) is 0. The van der Waals surface area contributed by atoms with Crippen molar-refractivity contribution in [1.29, 1.82) is 0 Å². The molecule has 2 aromatic rings. The quantitative estimate of drug-likeness (QED) is 0.144. The second-order valence-electron chi connectivity index (χ2n) is 11.6. The highest BCUT2D eigenvalue weighted by molar-refractivity contribution is 6.36. The van der Waals surface area contributed by atoms with Crippen LogP contribution in [0.2, 0.25) is 38.3 Å². The summed E-state index contributed by atoms with van der Waals surface area (Å²) in [5.41, 5.74) is 7.99. The van der Waals surface area contributed by atoms with Crippen LogP contribution in [0.1, 0.15) is 61.8 Å². The maximum absolute atomic E-state index is 6.19. The van der Waals surface area contributed by atoms with E-state index in [2.05, 4.69) is 115 Å². The van der Waals surface area contributed by atoms with E-state index in [1.165, 1.54) is 33.4 Å². The smallest absolute Gasteiger partial charge is 0.229 e. The van der Waals surface area contributed by atoms with Crippen LogP contribution < -0.4 is 0 Å². The van der Waals surface area contributed by atoms with Gasteiger partial charge in [-0.1, -0.05) is 112 Å². The number of benzene rings is 2. The average Bonchev–Trinajstić information content (AvgIpc) is 3.53. The number of hydrogen-bond acceptors (Lipinski definition) is 4. The number of fused-ring (bicyclic) bond motifs is 2. The van der Waals surface area contributed by atoms with Gasteiger partial charge in [-0.3, -0.25) is 0 Å². The molecule has 9 heteroatoms. The van der Waals surface area contributed by atoms with E-state index in [0.717, 1.165) is 21.6 Å². The first-order valence-electron chi connectivity index (χ1n) is 14.3. The molecule has 0 aliphatic heterocycles. The highest BCUT2D eigenvalue weighted by atomic mass is 28.2. The van der Waals surface area contributed by atoms with Gasteiger partial charge in [0.05, 0.1) is 0 Å². The van der Waals surface area contributed by atoms with Gasteiger partial charge in [0.15, 0.2) is 0 Å². The molecule has 0 saturated heterocycles. The zero-order valence-corrected chi connectivity index (χ0v) is 30.6. The van der Waals surface area contributed by atoms with Gasteiger partial charge >= 0.3 is 0 Å². The van der Waals surface area contributed by atoms with Crippen molar-refractivity contribution in [2.24, 2.45) is 10.8 Å². The van der Waals surface area contributed by atoms with Gasteiger partial charge < -0.3 is 17.7 Å². The molecule has 2 aromatic carbocycles. The summed E-state index contributed by atoms with van der Waals surface area (Å²) in [7, 11) is 2.38. The van der Waals surface area contributed by atoms with Crippen LogP contribution in [0.15, 0.2) is 59.7 Å². The lowest BCUT2D eigenvalue weighted by Gasteiger charge is -2.39. The standard InChI is InChI=1S/C32H42O4Si5/c1-31(2,29(33-37-5)34-38-6)27-17-21-13-9-11-15-23(21)25(27)19-41-20-26-24-16-12-10-14-22(24)18-28(26)32(3,4)30(35-39-7)36-40-8/h9-18,25-26,29-30H,19-20H2,1-8H3. The van der Waals surface area contributed by atoms with Crippen molar-refractivity contribution in [3.05, 3.63) is 81.9 Å². The fraction of sp³-hybridized carbons (Fsp3) is 0.500. The maximum Gasteiger partial charge on any atom is 0.229 e. The summed E-state index contributed by atoms with van der Waals surface area (Å²) in [6, 6.07) is 20.1. The summed E-state index contributed by atoms with van der Waals surface area (Å²) < 4.78 is 24.8. The fourth-order valence-electron chi connectivity index (χ4n) is 6.21. The third-order valence-electron chi connectivity index (χ3n) is 8.38. The van der Waals surface area contributed by atoms with Crippen LogP contribution in [0.5, 0.6) is 0 Å². The minimum absolute atomic E-state index is 0.225. The lowest BCUT2D eigenvalue weighted by Crippen LogP contribution is -2.39. The van der Waals surface area contributed by atoms with Gasteiger partial charge in [-0.25, -0.2) is 0 Å². The van der Waals surface area contributed by atoms with Crippen molar-refractivity contribution in [3.63, 3.8) is 0 Å². The molecule has 2 atom stereocenters. The minimum Gasteiger partial charge on any atom is -0.393 e.